The summed E-state index contributed by atoms with van der Waals surface area (Å²) in [6.45, 7) is 0. The number of amides is 1. The van der Waals surface area contributed by atoms with Crippen LogP contribution >= 0.6 is 0 Å². The third-order valence-corrected chi connectivity index (χ3v) is 5.79. The van der Waals surface area contributed by atoms with Crippen molar-refractivity contribution in [1.29, 1.82) is 0 Å². The Balaban J connectivity index is 1.82. The molecule has 1 atom stereocenters. The van der Waals surface area contributed by atoms with Gasteiger partial charge in [-0.3, -0.25) is 4.79 Å². The van der Waals surface area contributed by atoms with Crippen molar-refractivity contribution in [3.63, 3.8) is 0 Å². The summed E-state index contributed by atoms with van der Waals surface area (Å²) in [5, 5.41) is 0. The van der Waals surface area contributed by atoms with Crippen molar-refractivity contribution >= 4 is 15.7 Å². The van der Waals surface area contributed by atoms with Crippen LogP contribution in [0.2, 0.25) is 0 Å². The molecule has 126 valence electrons. The fourth-order valence-corrected chi connectivity index (χ4v) is 4.45. The number of ether oxygens (including phenoxy) is 1. The largest absolute Gasteiger partial charge is 0.438 e. The van der Waals surface area contributed by atoms with Crippen LogP contribution in [0.1, 0.15) is 16.8 Å². The molecule has 2 aromatic rings. The van der Waals surface area contributed by atoms with Crippen LogP contribution in [0.5, 0.6) is 11.6 Å². The number of hydrogen-bond donors (Lipinski definition) is 0. The van der Waals surface area contributed by atoms with Crippen molar-refractivity contribution in [3.05, 3.63) is 54.2 Å². The number of aromatic nitrogens is 1. The van der Waals surface area contributed by atoms with Crippen molar-refractivity contribution in [2.24, 2.45) is 0 Å². The van der Waals surface area contributed by atoms with E-state index >= 15 is 0 Å². The number of carbonyl (C=O) groups excluding carboxylic acids is 1. The highest BCUT2D eigenvalue weighted by Crippen LogP contribution is 2.25. The van der Waals surface area contributed by atoms with Gasteiger partial charge in [-0.1, -0.05) is 18.2 Å². The average Bonchev–Trinajstić information content (AvgIpc) is 2.95. The molecule has 0 saturated carbocycles. The van der Waals surface area contributed by atoms with Gasteiger partial charge in [0.05, 0.1) is 11.5 Å². The van der Waals surface area contributed by atoms with Crippen molar-refractivity contribution in [2.45, 2.75) is 12.5 Å². The van der Waals surface area contributed by atoms with Crippen LogP contribution in [0.25, 0.3) is 0 Å². The first-order valence-electron chi connectivity index (χ1n) is 7.62. The van der Waals surface area contributed by atoms with E-state index in [-0.39, 0.29) is 29.3 Å². The van der Waals surface area contributed by atoms with E-state index in [4.69, 9.17) is 4.74 Å². The molecule has 24 heavy (non-hydrogen) atoms. The molecule has 1 aliphatic rings. The molecule has 2 heterocycles. The average molecular weight is 346 g/mol. The summed E-state index contributed by atoms with van der Waals surface area (Å²) in [6.07, 6.45) is 2.01. The van der Waals surface area contributed by atoms with Crippen LogP contribution in [0.4, 0.5) is 0 Å². The van der Waals surface area contributed by atoms with Crippen molar-refractivity contribution < 1.29 is 17.9 Å². The second-order valence-electron chi connectivity index (χ2n) is 5.74. The molecule has 0 N–H and O–H groups in total. The van der Waals surface area contributed by atoms with Gasteiger partial charge in [-0.15, -0.1) is 0 Å². The van der Waals surface area contributed by atoms with Crippen LogP contribution in [0, 0.1) is 0 Å². The van der Waals surface area contributed by atoms with E-state index in [9.17, 15) is 13.2 Å². The zero-order chi connectivity index (χ0) is 17.2. The lowest BCUT2D eigenvalue weighted by molar-refractivity contribution is 0.0744. The van der Waals surface area contributed by atoms with Crippen molar-refractivity contribution in [2.75, 3.05) is 18.6 Å². The molecular formula is C17H18N2O4S. The Morgan fingerprint density at radius 2 is 1.96 bits per heavy atom. The molecule has 1 aromatic heterocycles. The number of pyridine rings is 1. The summed E-state index contributed by atoms with van der Waals surface area (Å²) in [7, 11) is -1.44. The quantitative estimate of drug-likeness (QED) is 0.848. The Labute approximate surface area is 141 Å². The van der Waals surface area contributed by atoms with Crippen molar-refractivity contribution in [3.8, 4) is 11.6 Å². The molecule has 6 nitrogen and oxygen atoms in total. The fraction of sp³-hybridized carbons (Fsp3) is 0.294. The highest BCUT2D eigenvalue weighted by molar-refractivity contribution is 7.91. The lowest BCUT2D eigenvalue weighted by Gasteiger charge is -2.24. The monoisotopic (exact) mass is 346 g/mol. The lowest BCUT2D eigenvalue weighted by atomic mass is 10.2. The second-order valence-corrected chi connectivity index (χ2v) is 7.97. The summed E-state index contributed by atoms with van der Waals surface area (Å²) >= 11 is 0. The number of benzene rings is 1. The third kappa shape index (κ3) is 3.56. The predicted octanol–water partition coefficient (Wildman–Crippen LogP) is 2.13. The van der Waals surface area contributed by atoms with Gasteiger partial charge >= 0.3 is 0 Å². The van der Waals surface area contributed by atoms with E-state index < -0.39 is 9.84 Å². The fourth-order valence-electron chi connectivity index (χ4n) is 2.67. The van der Waals surface area contributed by atoms with Crippen LogP contribution in [0.3, 0.4) is 0 Å². The summed E-state index contributed by atoms with van der Waals surface area (Å²) < 4.78 is 29.0. The smallest absolute Gasteiger partial charge is 0.259 e. The van der Waals surface area contributed by atoms with Gasteiger partial charge in [0, 0.05) is 19.3 Å². The number of rotatable bonds is 4. The molecule has 1 unspecified atom stereocenters. The molecule has 3 rings (SSSR count). The van der Waals surface area contributed by atoms with E-state index in [2.05, 4.69) is 4.98 Å². The summed E-state index contributed by atoms with van der Waals surface area (Å²) in [6, 6.07) is 12.0. The lowest BCUT2D eigenvalue weighted by Crippen LogP contribution is -2.38. The van der Waals surface area contributed by atoms with Gasteiger partial charge in [0.2, 0.25) is 5.88 Å². The van der Waals surface area contributed by atoms with Gasteiger partial charge in [0.1, 0.15) is 11.3 Å². The highest BCUT2D eigenvalue weighted by Gasteiger charge is 2.33. The van der Waals surface area contributed by atoms with Crippen LogP contribution < -0.4 is 4.74 Å². The molecule has 0 spiro atoms. The Morgan fingerprint density at radius 3 is 2.62 bits per heavy atom. The summed E-state index contributed by atoms with van der Waals surface area (Å²) in [5.41, 5.74) is 0.313. The minimum atomic E-state index is -3.06. The number of carbonyl (C=O) groups is 1. The first-order chi connectivity index (χ1) is 11.5. The highest BCUT2D eigenvalue weighted by atomic mass is 32.2. The van der Waals surface area contributed by atoms with Crippen LogP contribution in [0.15, 0.2) is 48.7 Å². The van der Waals surface area contributed by atoms with Crippen LogP contribution in [-0.2, 0) is 9.84 Å². The molecule has 1 amide bonds. The maximum Gasteiger partial charge on any atom is 0.259 e. The number of hydrogen-bond acceptors (Lipinski definition) is 5. The van der Waals surface area contributed by atoms with E-state index in [1.807, 2.05) is 18.2 Å². The first kappa shape index (κ1) is 16.4. The summed E-state index contributed by atoms with van der Waals surface area (Å²) in [5.74, 6) is 0.619. The number of sulfone groups is 1. The van der Waals surface area contributed by atoms with E-state index in [1.165, 1.54) is 4.90 Å². The SMILES string of the molecule is CN(C(=O)c1cccnc1Oc1ccccc1)C1CCS(=O)(=O)C1. The van der Waals surface area contributed by atoms with Gasteiger partial charge in [0.15, 0.2) is 9.84 Å². The maximum atomic E-state index is 12.8. The standard InChI is InChI=1S/C17H18N2O4S/c1-19(13-9-11-24(21,22)12-13)17(20)15-8-5-10-18-16(15)23-14-6-3-2-4-7-14/h2-8,10,13H,9,11-12H2,1H3. The predicted molar refractivity (Wildman–Crippen MR) is 89.9 cm³/mol. The zero-order valence-electron chi connectivity index (χ0n) is 13.3. The Kier molecular flexibility index (Phi) is 4.53. The number of para-hydroxylation sites is 1. The normalized spacial score (nSPS) is 19.0. The molecule has 0 radical (unpaired) electrons. The van der Waals surface area contributed by atoms with E-state index in [0.717, 1.165) is 0 Å². The first-order valence-corrected chi connectivity index (χ1v) is 9.44. The molecule has 0 aliphatic carbocycles. The molecule has 0 bridgehead atoms. The van der Waals surface area contributed by atoms with Gasteiger partial charge in [0.25, 0.3) is 5.91 Å². The van der Waals surface area contributed by atoms with Crippen molar-refractivity contribution in [1.82, 2.24) is 9.88 Å². The minimum absolute atomic E-state index is 0.00434. The van der Waals surface area contributed by atoms with Gasteiger partial charge in [-0.25, -0.2) is 13.4 Å². The second kappa shape index (κ2) is 6.60. The van der Waals surface area contributed by atoms with E-state index in [1.54, 1.807) is 37.5 Å². The maximum absolute atomic E-state index is 12.8. The molecule has 1 saturated heterocycles. The van der Waals surface area contributed by atoms with Gasteiger partial charge in [-0.2, -0.15) is 0 Å². The minimum Gasteiger partial charge on any atom is -0.438 e. The van der Waals surface area contributed by atoms with Crippen LogP contribution in [-0.4, -0.2) is 48.8 Å². The Bertz CT molecular complexity index is 837. The molecule has 7 heteroatoms. The molecule has 1 aromatic carbocycles. The Morgan fingerprint density at radius 1 is 1.21 bits per heavy atom. The van der Waals surface area contributed by atoms with E-state index in [0.29, 0.717) is 17.7 Å². The number of nitrogens with zero attached hydrogens (tertiary/aromatic N) is 2. The molecule has 1 aliphatic heterocycles. The van der Waals surface area contributed by atoms with Gasteiger partial charge < -0.3 is 9.64 Å². The summed E-state index contributed by atoms with van der Waals surface area (Å²) in [4.78, 5) is 18.4. The topological polar surface area (TPSA) is 76.6 Å². The third-order valence-electron chi connectivity index (χ3n) is 4.04. The zero-order valence-corrected chi connectivity index (χ0v) is 14.1. The Hall–Kier alpha value is -2.41. The molecule has 1 fully saturated rings. The molecular weight excluding hydrogens is 328 g/mol. The van der Waals surface area contributed by atoms with Gasteiger partial charge in [-0.05, 0) is 30.7 Å².